The summed E-state index contributed by atoms with van der Waals surface area (Å²) in [5, 5.41) is 0. The maximum absolute atomic E-state index is 11.7. The topological polar surface area (TPSA) is 62.7 Å². The van der Waals surface area contributed by atoms with E-state index in [0.717, 1.165) is 5.69 Å². The van der Waals surface area contributed by atoms with Gasteiger partial charge in [-0.05, 0) is 32.1 Å². The molecule has 21 heavy (non-hydrogen) atoms. The summed E-state index contributed by atoms with van der Waals surface area (Å²) in [5.41, 5.74) is 0.928. The van der Waals surface area contributed by atoms with Gasteiger partial charge in [0.1, 0.15) is 0 Å². The second-order valence-corrected chi connectivity index (χ2v) is 7.46. The number of methoxy groups -OCH3 is 1. The Kier molecular flexibility index (Phi) is 7.24. The summed E-state index contributed by atoms with van der Waals surface area (Å²) < 4.78 is 30.0. The number of hydrogen-bond donors (Lipinski definition) is 0. The van der Waals surface area contributed by atoms with Crippen molar-refractivity contribution in [3.8, 4) is 0 Å². The molecule has 0 amide bonds. The van der Waals surface area contributed by atoms with Crippen LogP contribution in [0.2, 0.25) is 0 Å². The van der Waals surface area contributed by atoms with Gasteiger partial charge in [-0.2, -0.15) is 0 Å². The molecule has 0 radical (unpaired) electrons. The van der Waals surface area contributed by atoms with Gasteiger partial charge in [-0.1, -0.05) is 6.07 Å². The average molecular weight is 315 g/mol. The van der Waals surface area contributed by atoms with Crippen molar-refractivity contribution in [3.63, 3.8) is 0 Å². The minimum absolute atomic E-state index is 0.0262. The molecule has 1 aromatic rings. The highest BCUT2D eigenvalue weighted by molar-refractivity contribution is 7.89. The lowest BCUT2D eigenvalue weighted by atomic mass is 10.1. The summed E-state index contributed by atoms with van der Waals surface area (Å²) in [6, 6.07) is 5.79. The summed E-state index contributed by atoms with van der Waals surface area (Å²) in [6.07, 6.45) is 2.33. The smallest absolute Gasteiger partial charge is 0.213 e. The molecule has 7 heteroatoms. The Balaban J connectivity index is 2.61. The molecule has 0 saturated heterocycles. The maximum atomic E-state index is 11.7. The first kappa shape index (κ1) is 18.0. The Bertz CT molecular complexity index is 505. The Morgan fingerprint density at radius 2 is 2.00 bits per heavy atom. The number of pyridine rings is 1. The summed E-state index contributed by atoms with van der Waals surface area (Å²) >= 11 is 0. The van der Waals surface area contributed by atoms with Crippen LogP contribution in [0.4, 0.5) is 0 Å². The van der Waals surface area contributed by atoms with Crippen LogP contribution in [0.15, 0.2) is 24.4 Å². The van der Waals surface area contributed by atoms with Crippen LogP contribution in [0.25, 0.3) is 0 Å². The molecule has 1 heterocycles. The second-order valence-electron chi connectivity index (χ2n) is 5.16. The molecule has 0 aliphatic rings. The zero-order valence-electron chi connectivity index (χ0n) is 13.2. The lowest BCUT2D eigenvalue weighted by Crippen LogP contribution is -2.32. The van der Waals surface area contributed by atoms with Crippen LogP contribution in [0.3, 0.4) is 0 Å². The second kappa shape index (κ2) is 8.43. The first-order valence-corrected chi connectivity index (χ1v) is 8.49. The van der Waals surface area contributed by atoms with Gasteiger partial charge in [0.15, 0.2) is 0 Å². The van der Waals surface area contributed by atoms with Gasteiger partial charge >= 0.3 is 0 Å². The quantitative estimate of drug-likeness (QED) is 0.680. The number of nitrogens with zero attached hydrogens (tertiary/aromatic N) is 3. The molecule has 0 bridgehead atoms. The van der Waals surface area contributed by atoms with Crippen molar-refractivity contribution in [1.82, 2.24) is 14.2 Å². The standard InChI is InChI=1S/C14H25N3O3S/c1-16(2)21(18,19)11-7-10-17(3)14(12-20-4)13-8-5-6-9-15-13/h5-6,8-9,14H,7,10-12H2,1-4H3. The van der Waals surface area contributed by atoms with E-state index in [2.05, 4.69) is 9.88 Å². The van der Waals surface area contributed by atoms with Gasteiger partial charge in [-0.3, -0.25) is 9.88 Å². The maximum Gasteiger partial charge on any atom is 0.213 e. The number of ether oxygens (including phenoxy) is 1. The first-order chi connectivity index (χ1) is 9.88. The van der Waals surface area contributed by atoms with E-state index in [1.165, 1.54) is 4.31 Å². The molecule has 0 saturated carbocycles. The van der Waals surface area contributed by atoms with Crippen molar-refractivity contribution in [2.45, 2.75) is 12.5 Å². The third kappa shape index (κ3) is 5.70. The molecule has 6 nitrogen and oxygen atoms in total. The van der Waals surface area contributed by atoms with Crippen LogP contribution >= 0.6 is 0 Å². The normalized spacial score (nSPS) is 13.8. The van der Waals surface area contributed by atoms with Crippen molar-refractivity contribution in [2.75, 3.05) is 47.2 Å². The van der Waals surface area contributed by atoms with Crippen molar-refractivity contribution in [3.05, 3.63) is 30.1 Å². The van der Waals surface area contributed by atoms with Gasteiger partial charge in [0.25, 0.3) is 0 Å². The fourth-order valence-corrected chi connectivity index (χ4v) is 2.86. The number of aromatic nitrogens is 1. The Morgan fingerprint density at radius 3 is 2.52 bits per heavy atom. The zero-order valence-corrected chi connectivity index (χ0v) is 14.0. The molecular weight excluding hydrogens is 290 g/mol. The minimum atomic E-state index is -3.14. The van der Waals surface area contributed by atoms with E-state index >= 15 is 0 Å². The van der Waals surface area contributed by atoms with Crippen LogP contribution in [0.5, 0.6) is 0 Å². The Morgan fingerprint density at radius 1 is 1.29 bits per heavy atom. The summed E-state index contributed by atoms with van der Waals surface area (Å²) in [7, 11) is 3.59. The first-order valence-electron chi connectivity index (χ1n) is 6.88. The Hall–Kier alpha value is -1.02. The zero-order chi connectivity index (χ0) is 15.9. The summed E-state index contributed by atoms with van der Waals surface area (Å²) in [5.74, 6) is 0.145. The van der Waals surface area contributed by atoms with Crippen LogP contribution in [0, 0.1) is 0 Å². The van der Waals surface area contributed by atoms with Crippen LogP contribution in [-0.4, -0.2) is 69.8 Å². The van der Waals surface area contributed by atoms with E-state index in [0.29, 0.717) is 19.6 Å². The van der Waals surface area contributed by atoms with Crippen molar-refractivity contribution < 1.29 is 13.2 Å². The lowest BCUT2D eigenvalue weighted by molar-refractivity contribution is 0.104. The fourth-order valence-electron chi connectivity index (χ4n) is 2.00. The molecule has 1 aromatic heterocycles. The molecule has 1 unspecified atom stereocenters. The van der Waals surface area contributed by atoms with Crippen LogP contribution in [0.1, 0.15) is 18.2 Å². The average Bonchev–Trinajstić information content (AvgIpc) is 2.45. The van der Waals surface area contributed by atoms with E-state index in [4.69, 9.17) is 4.74 Å². The van der Waals surface area contributed by atoms with Gasteiger partial charge in [-0.15, -0.1) is 0 Å². The van der Waals surface area contributed by atoms with E-state index < -0.39 is 10.0 Å². The highest BCUT2D eigenvalue weighted by atomic mass is 32.2. The molecule has 120 valence electrons. The van der Waals surface area contributed by atoms with E-state index in [1.807, 2.05) is 25.2 Å². The number of hydrogen-bond acceptors (Lipinski definition) is 5. The molecule has 0 aromatic carbocycles. The Labute approximate surface area is 127 Å². The third-order valence-corrected chi connectivity index (χ3v) is 5.27. The monoisotopic (exact) mass is 315 g/mol. The van der Waals surface area contributed by atoms with E-state index in [9.17, 15) is 8.42 Å². The van der Waals surface area contributed by atoms with Crippen molar-refractivity contribution in [2.24, 2.45) is 0 Å². The van der Waals surface area contributed by atoms with Crippen molar-refractivity contribution >= 4 is 10.0 Å². The third-order valence-electron chi connectivity index (χ3n) is 3.36. The molecule has 0 aliphatic heterocycles. The molecule has 0 N–H and O–H groups in total. The van der Waals surface area contributed by atoms with E-state index in [-0.39, 0.29) is 11.8 Å². The van der Waals surface area contributed by atoms with Gasteiger partial charge in [0, 0.05) is 27.4 Å². The summed E-state index contributed by atoms with van der Waals surface area (Å²) in [4.78, 5) is 6.44. The van der Waals surface area contributed by atoms with Gasteiger partial charge in [-0.25, -0.2) is 12.7 Å². The number of rotatable bonds is 9. The lowest BCUT2D eigenvalue weighted by Gasteiger charge is -2.27. The predicted octanol–water partition coefficient (Wildman–Crippen LogP) is 0.982. The molecule has 0 spiro atoms. The molecule has 1 atom stereocenters. The highest BCUT2D eigenvalue weighted by Gasteiger charge is 2.19. The van der Waals surface area contributed by atoms with Crippen LogP contribution in [-0.2, 0) is 14.8 Å². The predicted molar refractivity (Wildman–Crippen MR) is 83.6 cm³/mol. The highest BCUT2D eigenvalue weighted by Crippen LogP contribution is 2.17. The van der Waals surface area contributed by atoms with Gasteiger partial charge in [0.05, 0.1) is 24.1 Å². The minimum Gasteiger partial charge on any atom is -0.383 e. The van der Waals surface area contributed by atoms with Gasteiger partial charge in [0.2, 0.25) is 10.0 Å². The van der Waals surface area contributed by atoms with E-state index in [1.54, 1.807) is 27.4 Å². The van der Waals surface area contributed by atoms with Gasteiger partial charge < -0.3 is 4.74 Å². The molecule has 0 aliphatic carbocycles. The number of likely N-dealkylation sites (N-methyl/N-ethyl adjacent to an activating group) is 1. The fraction of sp³-hybridized carbons (Fsp3) is 0.643. The molecule has 1 rings (SSSR count). The summed E-state index contributed by atoms with van der Waals surface area (Å²) in [6.45, 7) is 1.19. The van der Waals surface area contributed by atoms with Crippen molar-refractivity contribution in [1.29, 1.82) is 0 Å². The largest absolute Gasteiger partial charge is 0.383 e. The SMILES string of the molecule is COCC(c1ccccn1)N(C)CCCS(=O)(=O)N(C)C. The molecular formula is C14H25N3O3S. The van der Waals surface area contributed by atoms with Crippen LogP contribution < -0.4 is 0 Å². The molecule has 0 fully saturated rings. The number of sulfonamides is 1.